The molecule has 1 aromatic rings. The number of aliphatic hydroxyl groups is 1. The van der Waals surface area contributed by atoms with Gasteiger partial charge in [-0.1, -0.05) is 25.0 Å². The molecule has 3 amide bonds. The molecule has 156 valence electrons. The third kappa shape index (κ3) is 3.75. The minimum atomic E-state index is -0.590. The molecule has 4 atom stereocenters. The number of rotatable bonds is 5. The number of amides is 3. The van der Waals surface area contributed by atoms with E-state index in [0.717, 1.165) is 31.2 Å². The fraction of sp³-hybridized carbons (Fsp3) is 0.591. The Kier molecular flexibility index (Phi) is 5.58. The van der Waals surface area contributed by atoms with Crippen LogP contribution in [0.5, 0.6) is 5.75 Å². The number of carbonyl (C=O) groups excluding carboxylic acids is 3. The molecule has 3 aliphatic rings. The van der Waals surface area contributed by atoms with E-state index in [1.807, 2.05) is 24.3 Å². The lowest BCUT2D eigenvalue weighted by Crippen LogP contribution is -2.37. The summed E-state index contributed by atoms with van der Waals surface area (Å²) in [4.78, 5) is 41.1. The number of carbonyl (C=O) groups is 3. The van der Waals surface area contributed by atoms with E-state index in [9.17, 15) is 19.5 Å². The molecule has 0 radical (unpaired) electrons. The van der Waals surface area contributed by atoms with Crippen LogP contribution < -0.4 is 4.74 Å². The Balaban J connectivity index is 1.43. The summed E-state index contributed by atoms with van der Waals surface area (Å²) in [6, 6.07) is 7.26. The smallest absolute Gasteiger partial charge is 0.233 e. The van der Waals surface area contributed by atoms with Crippen molar-refractivity contribution >= 4 is 17.7 Å². The molecule has 0 spiro atoms. The average molecular weight is 400 g/mol. The summed E-state index contributed by atoms with van der Waals surface area (Å²) in [6.45, 7) is 0.384. The highest BCUT2D eigenvalue weighted by Crippen LogP contribution is 2.38. The van der Waals surface area contributed by atoms with Gasteiger partial charge >= 0.3 is 0 Å². The standard InChI is InChI=1S/C22H28N2O5/c1-29-16-6-4-5-14(11-16)19-12-15(25)13-24(19)20(26)9-10-23-21(27)17-7-2-3-8-18(17)22(23)28/h4-6,11,15,17-19,25H,2-3,7-10,12-13H2,1H3. The van der Waals surface area contributed by atoms with Crippen molar-refractivity contribution in [2.24, 2.45) is 11.8 Å². The van der Waals surface area contributed by atoms with Crippen LogP contribution in [-0.2, 0) is 14.4 Å². The van der Waals surface area contributed by atoms with Crippen LogP contribution in [0, 0.1) is 11.8 Å². The van der Waals surface area contributed by atoms with Gasteiger partial charge in [0, 0.05) is 19.5 Å². The molecule has 29 heavy (non-hydrogen) atoms. The number of hydrogen-bond donors (Lipinski definition) is 1. The molecule has 1 aliphatic carbocycles. The van der Waals surface area contributed by atoms with E-state index in [2.05, 4.69) is 0 Å². The van der Waals surface area contributed by atoms with Crippen LogP contribution >= 0.6 is 0 Å². The highest BCUT2D eigenvalue weighted by atomic mass is 16.5. The first-order valence-electron chi connectivity index (χ1n) is 10.5. The van der Waals surface area contributed by atoms with Gasteiger partial charge in [0.1, 0.15) is 5.75 Å². The molecular formula is C22H28N2O5. The molecule has 7 nitrogen and oxygen atoms in total. The molecule has 2 saturated heterocycles. The van der Waals surface area contributed by atoms with Crippen LogP contribution in [0.15, 0.2) is 24.3 Å². The normalized spacial score (nSPS) is 29.3. The minimum absolute atomic E-state index is 0.0874. The number of β-amino-alcohol motifs (C(OH)–C–C–N with tert-alkyl or cyclic N) is 1. The van der Waals surface area contributed by atoms with Gasteiger partial charge in [-0.25, -0.2) is 0 Å². The number of fused-ring (bicyclic) bond motifs is 1. The monoisotopic (exact) mass is 400 g/mol. The first-order chi connectivity index (χ1) is 14.0. The molecule has 2 aliphatic heterocycles. The number of imide groups is 1. The molecular weight excluding hydrogens is 372 g/mol. The van der Waals surface area contributed by atoms with Crippen molar-refractivity contribution in [2.75, 3.05) is 20.2 Å². The predicted octanol–water partition coefficient (Wildman–Crippen LogP) is 1.89. The van der Waals surface area contributed by atoms with Crippen molar-refractivity contribution in [1.82, 2.24) is 9.80 Å². The summed E-state index contributed by atoms with van der Waals surface area (Å²) in [5.41, 5.74) is 0.911. The molecule has 1 aromatic carbocycles. The predicted molar refractivity (Wildman–Crippen MR) is 105 cm³/mol. The Morgan fingerprint density at radius 3 is 2.52 bits per heavy atom. The van der Waals surface area contributed by atoms with Gasteiger partial charge in [-0.15, -0.1) is 0 Å². The van der Waals surface area contributed by atoms with Gasteiger partial charge in [-0.3, -0.25) is 19.3 Å². The van der Waals surface area contributed by atoms with Crippen molar-refractivity contribution in [1.29, 1.82) is 0 Å². The molecule has 0 aromatic heterocycles. The Morgan fingerprint density at radius 2 is 1.86 bits per heavy atom. The zero-order valence-electron chi connectivity index (χ0n) is 16.8. The van der Waals surface area contributed by atoms with E-state index in [0.29, 0.717) is 12.2 Å². The average Bonchev–Trinajstić information content (AvgIpc) is 3.25. The molecule has 1 saturated carbocycles. The second-order valence-electron chi connectivity index (χ2n) is 8.30. The molecule has 2 heterocycles. The van der Waals surface area contributed by atoms with Crippen LogP contribution in [0.1, 0.15) is 50.1 Å². The largest absolute Gasteiger partial charge is 0.497 e. The first kappa shape index (κ1) is 19.9. The second kappa shape index (κ2) is 8.14. The van der Waals surface area contributed by atoms with Crippen molar-refractivity contribution in [3.8, 4) is 5.75 Å². The molecule has 7 heteroatoms. The number of methoxy groups -OCH3 is 1. The van der Waals surface area contributed by atoms with Gasteiger partial charge in [0.05, 0.1) is 31.1 Å². The number of likely N-dealkylation sites (tertiary alicyclic amines) is 2. The van der Waals surface area contributed by atoms with Crippen LogP contribution in [0.25, 0.3) is 0 Å². The van der Waals surface area contributed by atoms with Crippen LogP contribution in [-0.4, -0.2) is 58.9 Å². The van der Waals surface area contributed by atoms with Crippen LogP contribution in [0.3, 0.4) is 0 Å². The van der Waals surface area contributed by atoms with Crippen LogP contribution in [0.2, 0.25) is 0 Å². The SMILES string of the molecule is COc1cccc(C2CC(O)CN2C(=O)CCN2C(=O)C3CCCCC3C2=O)c1. The Labute approximate surface area is 170 Å². The second-order valence-corrected chi connectivity index (χ2v) is 8.30. The van der Waals surface area contributed by atoms with Gasteiger partial charge < -0.3 is 14.7 Å². The van der Waals surface area contributed by atoms with E-state index in [-0.39, 0.29) is 55.1 Å². The summed E-state index contributed by atoms with van der Waals surface area (Å²) in [5, 5.41) is 10.2. The fourth-order valence-corrected chi connectivity index (χ4v) is 5.06. The molecule has 0 bridgehead atoms. The lowest BCUT2D eigenvalue weighted by molar-refractivity contribution is -0.141. The maximum absolute atomic E-state index is 12.9. The van der Waals surface area contributed by atoms with Gasteiger partial charge in [-0.2, -0.15) is 0 Å². The van der Waals surface area contributed by atoms with E-state index in [1.165, 1.54) is 4.90 Å². The zero-order valence-corrected chi connectivity index (χ0v) is 16.8. The lowest BCUT2D eigenvalue weighted by atomic mass is 9.81. The highest BCUT2D eigenvalue weighted by Gasteiger charge is 2.48. The quantitative estimate of drug-likeness (QED) is 0.763. The summed E-state index contributed by atoms with van der Waals surface area (Å²) in [5.74, 6) is -0.0532. The number of nitrogens with zero attached hydrogens (tertiary/aromatic N) is 2. The molecule has 4 rings (SSSR count). The molecule has 1 N–H and O–H groups in total. The van der Waals surface area contributed by atoms with Crippen molar-refractivity contribution in [3.63, 3.8) is 0 Å². The van der Waals surface area contributed by atoms with Crippen LogP contribution in [0.4, 0.5) is 0 Å². The maximum Gasteiger partial charge on any atom is 0.233 e. The van der Waals surface area contributed by atoms with Gasteiger partial charge in [-0.05, 0) is 37.0 Å². The molecule has 4 unspecified atom stereocenters. The number of ether oxygens (including phenoxy) is 1. The summed E-state index contributed by atoms with van der Waals surface area (Å²) < 4.78 is 5.27. The van der Waals surface area contributed by atoms with E-state index < -0.39 is 6.10 Å². The minimum Gasteiger partial charge on any atom is -0.497 e. The number of benzene rings is 1. The van der Waals surface area contributed by atoms with Crippen molar-refractivity contribution < 1.29 is 24.2 Å². The van der Waals surface area contributed by atoms with Crippen molar-refractivity contribution in [3.05, 3.63) is 29.8 Å². The summed E-state index contributed by atoms with van der Waals surface area (Å²) >= 11 is 0. The Hall–Kier alpha value is -2.41. The topological polar surface area (TPSA) is 87.2 Å². The zero-order chi connectivity index (χ0) is 20.5. The maximum atomic E-state index is 12.9. The van der Waals surface area contributed by atoms with Crippen molar-refractivity contribution in [2.45, 2.75) is 50.7 Å². The van der Waals surface area contributed by atoms with E-state index in [4.69, 9.17) is 4.74 Å². The third-order valence-corrected chi connectivity index (χ3v) is 6.56. The van der Waals surface area contributed by atoms with Gasteiger partial charge in [0.25, 0.3) is 0 Å². The fourth-order valence-electron chi connectivity index (χ4n) is 5.06. The summed E-state index contributed by atoms with van der Waals surface area (Å²) in [6.07, 6.45) is 3.48. The van der Waals surface area contributed by atoms with E-state index in [1.54, 1.807) is 12.0 Å². The lowest BCUT2D eigenvalue weighted by Gasteiger charge is -2.26. The first-order valence-corrected chi connectivity index (χ1v) is 10.5. The molecule has 3 fully saturated rings. The van der Waals surface area contributed by atoms with Gasteiger partial charge in [0.15, 0.2) is 0 Å². The number of aliphatic hydroxyl groups excluding tert-OH is 1. The van der Waals surface area contributed by atoms with E-state index >= 15 is 0 Å². The third-order valence-electron chi connectivity index (χ3n) is 6.56. The Bertz CT molecular complexity index is 786. The number of hydrogen-bond acceptors (Lipinski definition) is 5. The van der Waals surface area contributed by atoms with Gasteiger partial charge in [0.2, 0.25) is 17.7 Å². The highest BCUT2D eigenvalue weighted by molar-refractivity contribution is 6.05. The summed E-state index contributed by atoms with van der Waals surface area (Å²) in [7, 11) is 1.59. The Morgan fingerprint density at radius 1 is 1.17 bits per heavy atom.